The molecule has 0 spiro atoms. The van der Waals surface area contributed by atoms with Gasteiger partial charge in [0.2, 0.25) is 5.91 Å². The molecule has 0 unspecified atom stereocenters. The molecule has 0 radical (unpaired) electrons. The molecule has 0 aliphatic carbocycles. The monoisotopic (exact) mass is 213 g/mol. The summed E-state index contributed by atoms with van der Waals surface area (Å²) in [5, 5.41) is 3.26. The van der Waals surface area contributed by atoms with Crippen molar-refractivity contribution in [3.63, 3.8) is 0 Å². The van der Waals surface area contributed by atoms with Gasteiger partial charge >= 0.3 is 0 Å². The molecule has 1 aliphatic heterocycles. The van der Waals surface area contributed by atoms with Crippen LogP contribution < -0.4 is 11.1 Å². The summed E-state index contributed by atoms with van der Waals surface area (Å²) >= 11 is 0. The van der Waals surface area contributed by atoms with Gasteiger partial charge in [-0.1, -0.05) is 6.07 Å². The second-order valence-corrected chi connectivity index (χ2v) is 3.82. The van der Waals surface area contributed by atoms with Gasteiger partial charge in [0.1, 0.15) is 0 Å². The first-order chi connectivity index (χ1) is 7.75. The van der Waals surface area contributed by atoms with Crippen molar-refractivity contribution in [2.75, 3.05) is 5.32 Å². The van der Waals surface area contributed by atoms with E-state index in [4.69, 9.17) is 5.73 Å². The minimum atomic E-state index is -0.398. The number of hydrogen-bond donors (Lipinski definition) is 2. The Balaban J connectivity index is 2.17. The zero-order valence-corrected chi connectivity index (χ0v) is 8.60. The molecule has 2 aromatic rings. The van der Waals surface area contributed by atoms with E-state index in [1.165, 1.54) is 0 Å². The summed E-state index contributed by atoms with van der Waals surface area (Å²) in [6.45, 7) is 0.720. The number of nitrogens with one attached hydrogen (secondary N) is 1. The lowest BCUT2D eigenvalue weighted by molar-refractivity contribution is 0.100. The van der Waals surface area contributed by atoms with Crippen LogP contribution in [0.2, 0.25) is 0 Å². The summed E-state index contributed by atoms with van der Waals surface area (Å²) in [6.07, 6.45) is 2.02. The Bertz CT molecular complexity index is 571. The summed E-state index contributed by atoms with van der Waals surface area (Å²) in [4.78, 5) is 11.1. The molecule has 0 saturated heterocycles. The molecule has 0 atom stereocenters. The normalized spacial score (nSPS) is 12.5. The third-order valence-corrected chi connectivity index (χ3v) is 2.85. The van der Waals surface area contributed by atoms with Crippen LogP contribution in [0.5, 0.6) is 0 Å². The Hall–Kier alpha value is -2.23. The maximum atomic E-state index is 11.1. The molecule has 4 nitrogen and oxygen atoms in total. The molecule has 0 fully saturated rings. The fourth-order valence-electron chi connectivity index (χ4n) is 2.03. The maximum Gasteiger partial charge on any atom is 0.248 e. The number of hydrogen-bond acceptors (Lipinski definition) is 2. The van der Waals surface area contributed by atoms with E-state index in [9.17, 15) is 4.79 Å². The zero-order valence-electron chi connectivity index (χ0n) is 8.60. The number of primary amides is 1. The Morgan fingerprint density at radius 3 is 3.06 bits per heavy atom. The molecule has 4 heteroatoms. The highest BCUT2D eigenvalue weighted by Gasteiger charge is 2.15. The molecule has 1 aliphatic rings. The van der Waals surface area contributed by atoms with Crippen LogP contribution in [0.1, 0.15) is 10.4 Å². The molecule has 0 bridgehead atoms. The molecule has 0 saturated carbocycles. The number of carbonyl (C=O) groups is 1. The number of carbonyl (C=O) groups excluding carboxylic acids is 1. The Kier molecular flexibility index (Phi) is 1.77. The average Bonchev–Trinajstić information content (AvgIpc) is 2.76. The molecule has 80 valence electrons. The largest absolute Gasteiger partial charge is 0.367 e. The lowest BCUT2D eigenvalue weighted by atomic mass is 10.0. The van der Waals surface area contributed by atoms with Gasteiger partial charge in [-0.25, -0.2) is 0 Å². The highest BCUT2D eigenvalue weighted by molar-refractivity contribution is 5.95. The first kappa shape index (κ1) is 9.03. The number of nitrogens with two attached hydrogens (primary N) is 1. The zero-order chi connectivity index (χ0) is 11.1. The summed E-state index contributed by atoms with van der Waals surface area (Å²) in [6, 6.07) is 9.55. The van der Waals surface area contributed by atoms with Gasteiger partial charge in [0.05, 0.1) is 12.4 Å². The Morgan fingerprint density at radius 1 is 1.38 bits per heavy atom. The van der Waals surface area contributed by atoms with Gasteiger partial charge in [0.15, 0.2) is 0 Å². The van der Waals surface area contributed by atoms with Gasteiger partial charge < -0.3 is 15.6 Å². The number of fused-ring (bicyclic) bond motifs is 3. The molecule has 16 heavy (non-hydrogen) atoms. The summed E-state index contributed by atoms with van der Waals surface area (Å²) in [5.41, 5.74) is 9.00. The standard InChI is InChI=1S/C12H11N3O/c13-12(16)8-3-4-9-10(6-8)14-7-15-5-1-2-11(9)15/h1-6,14H,7H2,(H2,13,16). The minimum absolute atomic E-state index is 0.398. The maximum absolute atomic E-state index is 11.1. The third kappa shape index (κ3) is 1.20. The first-order valence-corrected chi connectivity index (χ1v) is 5.09. The fraction of sp³-hybridized carbons (Fsp3) is 0.0833. The lowest BCUT2D eigenvalue weighted by Crippen LogP contribution is -2.16. The molecule has 1 amide bonds. The topological polar surface area (TPSA) is 60.1 Å². The summed E-state index contributed by atoms with van der Waals surface area (Å²) < 4.78 is 2.12. The van der Waals surface area contributed by atoms with Crippen molar-refractivity contribution in [1.82, 2.24) is 4.57 Å². The van der Waals surface area contributed by atoms with Gasteiger partial charge in [0.25, 0.3) is 0 Å². The van der Waals surface area contributed by atoms with Crippen LogP contribution in [-0.4, -0.2) is 10.5 Å². The summed E-state index contributed by atoms with van der Waals surface area (Å²) in [5.74, 6) is -0.398. The number of rotatable bonds is 1. The second-order valence-electron chi connectivity index (χ2n) is 3.82. The number of benzene rings is 1. The van der Waals surface area contributed by atoms with E-state index in [-0.39, 0.29) is 0 Å². The van der Waals surface area contributed by atoms with Crippen molar-refractivity contribution >= 4 is 11.6 Å². The van der Waals surface area contributed by atoms with E-state index >= 15 is 0 Å². The van der Waals surface area contributed by atoms with Gasteiger partial charge in [-0.3, -0.25) is 4.79 Å². The molecular weight excluding hydrogens is 202 g/mol. The number of anilines is 1. The minimum Gasteiger partial charge on any atom is -0.367 e. The summed E-state index contributed by atoms with van der Waals surface area (Å²) in [7, 11) is 0. The van der Waals surface area contributed by atoms with Crippen molar-refractivity contribution in [2.45, 2.75) is 6.67 Å². The second kappa shape index (κ2) is 3.13. The van der Waals surface area contributed by atoms with E-state index < -0.39 is 5.91 Å². The van der Waals surface area contributed by atoms with Gasteiger partial charge in [-0.05, 0) is 24.3 Å². The highest BCUT2D eigenvalue weighted by atomic mass is 16.1. The Morgan fingerprint density at radius 2 is 2.25 bits per heavy atom. The molecular formula is C12H11N3O. The number of amides is 1. The van der Waals surface area contributed by atoms with Crippen LogP contribution in [0.25, 0.3) is 11.3 Å². The molecule has 2 heterocycles. The molecule has 1 aromatic heterocycles. The van der Waals surface area contributed by atoms with Gasteiger partial charge in [0, 0.05) is 23.0 Å². The Labute approximate surface area is 92.7 Å². The number of aromatic nitrogens is 1. The van der Waals surface area contributed by atoms with Crippen LogP contribution in [-0.2, 0) is 6.67 Å². The van der Waals surface area contributed by atoms with E-state index in [1.54, 1.807) is 12.1 Å². The van der Waals surface area contributed by atoms with Crippen LogP contribution in [0, 0.1) is 0 Å². The van der Waals surface area contributed by atoms with Crippen molar-refractivity contribution in [3.8, 4) is 11.3 Å². The number of nitrogens with zero attached hydrogens (tertiary/aromatic N) is 1. The van der Waals surface area contributed by atoms with Gasteiger partial charge in [-0.15, -0.1) is 0 Å². The van der Waals surface area contributed by atoms with Crippen LogP contribution in [0.15, 0.2) is 36.5 Å². The van der Waals surface area contributed by atoms with Crippen molar-refractivity contribution < 1.29 is 4.79 Å². The lowest BCUT2D eigenvalue weighted by Gasteiger charge is -2.21. The average molecular weight is 213 g/mol. The molecule has 3 rings (SSSR count). The predicted octanol–water partition coefficient (Wildman–Crippen LogP) is 1.64. The van der Waals surface area contributed by atoms with Crippen molar-refractivity contribution in [1.29, 1.82) is 0 Å². The van der Waals surface area contributed by atoms with Crippen LogP contribution >= 0.6 is 0 Å². The molecule has 1 aromatic carbocycles. The van der Waals surface area contributed by atoms with Crippen molar-refractivity contribution in [2.24, 2.45) is 5.73 Å². The van der Waals surface area contributed by atoms with E-state index in [0.717, 1.165) is 23.6 Å². The smallest absolute Gasteiger partial charge is 0.248 e. The quantitative estimate of drug-likeness (QED) is 0.756. The van der Waals surface area contributed by atoms with Gasteiger partial charge in [-0.2, -0.15) is 0 Å². The predicted molar refractivity (Wildman–Crippen MR) is 62.0 cm³/mol. The van der Waals surface area contributed by atoms with Crippen LogP contribution in [0.4, 0.5) is 5.69 Å². The fourth-order valence-corrected chi connectivity index (χ4v) is 2.03. The van der Waals surface area contributed by atoms with E-state index in [1.807, 2.05) is 18.3 Å². The van der Waals surface area contributed by atoms with Crippen molar-refractivity contribution in [3.05, 3.63) is 42.1 Å². The SMILES string of the molecule is NC(=O)c1ccc2c(c1)NCn1cccc1-2. The van der Waals surface area contributed by atoms with E-state index in [2.05, 4.69) is 16.0 Å². The third-order valence-electron chi connectivity index (χ3n) is 2.85. The highest BCUT2D eigenvalue weighted by Crippen LogP contribution is 2.32. The van der Waals surface area contributed by atoms with Crippen LogP contribution in [0.3, 0.4) is 0 Å². The molecule has 3 N–H and O–H groups in total. The first-order valence-electron chi connectivity index (χ1n) is 5.09. The van der Waals surface area contributed by atoms with E-state index in [0.29, 0.717) is 5.56 Å².